The van der Waals surface area contributed by atoms with Gasteiger partial charge in [0.25, 0.3) is 0 Å². The van der Waals surface area contributed by atoms with Crippen molar-refractivity contribution in [1.82, 2.24) is 29.9 Å². The number of hydrogen-bond acceptors (Lipinski definition) is 5. The van der Waals surface area contributed by atoms with Crippen molar-refractivity contribution >= 4 is 5.91 Å². The summed E-state index contributed by atoms with van der Waals surface area (Å²) >= 11 is 0. The molecule has 2 aromatic heterocycles. The van der Waals surface area contributed by atoms with Crippen LogP contribution in [0, 0.1) is 12.8 Å². The molecule has 1 fully saturated rings. The van der Waals surface area contributed by atoms with Gasteiger partial charge in [0.1, 0.15) is 11.6 Å². The molecule has 0 aliphatic carbocycles. The number of nitrogens with zero attached hydrogens (tertiary/aromatic N) is 5. The zero-order valence-corrected chi connectivity index (χ0v) is 17.1. The summed E-state index contributed by atoms with van der Waals surface area (Å²) in [5.74, 6) is 1.65. The summed E-state index contributed by atoms with van der Waals surface area (Å²) < 4.78 is 9.76. The van der Waals surface area contributed by atoms with Crippen LogP contribution in [0.3, 0.4) is 0 Å². The fourth-order valence-corrected chi connectivity index (χ4v) is 4.43. The minimum absolute atomic E-state index is 0.0543. The molecule has 2 aliphatic heterocycles. The number of amides is 1. The number of rotatable bonds is 5. The zero-order valence-electron chi connectivity index (χ0n) is 17.1. The molecule has 0 radical (unpaired) electrons. The smallest absolute Gasteiger partial charge is 0.226 e. The van der Waals surface area contributed by atoms with Gasteiger partial charge in [-0.05, 0) is 25.3 Å². The van der Waals surface area contributed by atoms with Gasteiger partial charge in [0.15, 0.2) is 0 Å². The molecule has 2 aliphatic rings. The maximum atomic E-state index is 13.0. The van der Waals surface area contributed by atoms with Crippen molar-refractivity contribution in [2.45, 2.75) is 51.4 Å². The first kappa shape index (κ1) is 19.0. The first-order valence-electron chi connectivity index (χ1n) is 10.5. The number of nitrogens with one attached hydrogen (secondary N) is 1. The highest BCUT2D eigenvalue weighted by molar-refractivity contribution is 5.80. The van der Waals surface area contributed by atoms with Crippen LogP contribution in [-0.4, -0.2) is 43.1 Å². The van der Waals surface area contributed by atoms with Gasteiger partial charge in [-0.1, -0.05) is 30.3 Å². The largest absolute Gasteiger partial charge is 0.373 e. The molecule has 1 amide bonds. The molecular formula is C22H26N6O2. The van der Waals surface area contributed by atoms with Crippen molar-refractivity contribution in [2.75, 3.05) is 6.61 Å². The second-order valence-electron chi connectivity index (χ2n) is 8.14. The molecule has 30 heavy (non-hydrogen) atoms. The molecule has 0 bridgehead atoms. The maximum absolute atomic E-state index is 13.0. The number of hydrogen-bond donors (Lipinski definition) is 1. The lowest BCUT2D eigenvalue weighted by atomic mass is 9.95. The Kier molecular flexibility index (Phi) is 5.08. The Hall–Kier alpha value is -3.00. The fourth-order valence-electron chi connectivity index (χ4n) is 4.43. The van der Waals surface area contributed by atoms with Crippen LogP contribution >= 0.6 is 0 Å². The van der Waals surface area contributed by atoms with Crippen molar-refractivity contribution in [3.63, 3.8) is 0 Å². The van der Waals surface area contributed by atoms with Gasteiger partial charge in [0.2, 0.25) is 5.91 Å². The molecule has 1 aromatic carbocycles. The fraction of sp³-hybridized carbons (Fsp3) is 0.455. The molecule has 8 nitrogen and oxygen atoms in total. The number of benzene rings is 1. The SMILES string of the molecule is Cc1nc2n(n1)CC(NC(=O)[C@H]1CCO[C@@H]1c1cnn(Cc3ccccc3)c1)CC2. The van der Waals surface area contributed by atoms with E-state index in [2.05, 4.69) is 32.6 Å². The highest BCUT2D eigenvalue weighted by Gasteiger charge is 2.37. The highest BCUT2D eigenvalue weighted by atomic mass is 16.5. The normalized spacial score (nSPS) is 23.3. The van der Waals surface area contributed by atoms with Gasteiger partial charge in [0.05, 0.1) is 31.3 Å². The van der Waals surface area contributed by atoms with Crippen molar-refractivity contribution < 1.29 is 9.53 Å². The standard InChI is InChI=1S/C22H26N6O2/c1-15-24-20-8-7-18(14-28(20)26-15)25-22(29)19-9-10-30-21(19)17-11-23-27(13-17)12-16-5-3-2-4-6-16/h2-6,11,13,18-19,21H,7-10,12,14H2,1H3,(H,25,29)/t18?,19-,21+/m0/s1. The van der Waals surface area contributed by atoms with Crippen LogP contribution in [0.25, 0.3) is 0 Å². The van der Waals surface area contributed by atoms with Gasteiger partial charge < -0.3 is 10.1 Å². The van der Waals surface area contributed by atoms with Crippen LogP contribution in [0.1, 0.15) is 41.7 Å². The summed E-state index contributed by atoms with van der Waals surface area (Å²) in [6.07, 6.45) is 6.02. The third kappa shape index (κ3) is 3.87. The molecule has 8 heteroatoms. The van der Waals surface area contributed by atoms with Gasteiger partial charge in [-0.25, -0.2) is 9.67 Å². The van der Waals surface area contributed by atoms with E-state index in [1.165, 1.54) is 5.56 Å². The Labute approximate surface area is 175 Å². The number of carbonyl (C=O) groups excluding carboxylic acids is 1. The van der Waals surface area contributed by atoms with Crippen molar-refractivity contribution in [2.24, 2.45) is 5.92 Å². The predicted octanol–water partition coefficient (Wildman–Crippen LogP) is 2.04. The number of carbonyl (C=O) groups is 1. The average Bonchev–Trinajstić information content (AvgIpc) is 3.47. The van der Waals surface area contributed by atoms with Crippen LogP contribution in [-0.2, 0) is 29.0 Å². The van der Waals surface area contributed by atoms with Gasteiger partial charge in [-0.15, -0.1) is 0 Å². The third-order valence-corrected chi connectivity index (χ3v) is 5.91. The summed E-state index contributed by atoms with van der Waals surface area (Å²) in [4.78, 5) is 17.5. The Bertz CT molecular complexity index is 1030. The maximum Gasteiger partial charge on any atom is 0.226 e. The monoisotopic (exact) mass is 406 g/mol. The minimum Gasteiger partial charge on any atom is -0.373 e. The van der Waals surface area contributed by atoms with Crippen molar-refractivity contribution in [1.29, 1.82) is 0 Å². The zero-order chi connectivity index (χ0) is 20.5. The second kappa shape index (κ2) is 8.02. The molecule has 0 saturated carbocycles. The molecule has 1 unspecified atom stereocenters. The van der Waals surface area contributed by atoms with Crippen LogP contribution in [0.15, 0.2) is 42.7 Å². The lowest BCUT2D eigenvalue weighted by Gasteiger charge is -2.26. The van der Waals surface area contributed by atoms with Crippen molar-refractivity contribution in [3.05, 3.63) is 65.5 Å². The predicted molar refractivity (Wildman–Crippen MR) is 110 cm³/mol. The molecule has 156 valence electrons. The van der Waals surface area contributed by atoms with Crippen LogP contribution in [0.2, 0.25) is 0 Å². The Morgan fingerprint density at radius 3 is 3.00 bits per heavy atom. The summed E-state index contributed by atoms with van der Waals surface area (Å²) in [5, 5.41) is 12.1. The van der Waals surface area contributed by atoms with E-state index < -0.39 is 0 Å². The van der Waals surface area contributed by atoms with Crippen LogP contribution in [0.5, 0.6) is 0 Å². The van der Waals surface area contributed by atoms with Gasteiger partial charge >= 0.3 is 0 Å². The van der Waals surface area contributed by atoms with E-state index in [4.69, 9.17) is 4.74 Å². The Morgan fingerprint density at radius 1 is 1.27 bits per heavy atom. The van der Waals surface area contributed by atoms with E-state index in [1.807, 2.05) is 46.9 Å². The van der Waals surface area contributed by atoms with E-state index in [0.29, 0.717) is 19.7 Å². The number of fused-ring (bicyclic) bond motifs is 1. The molecule has 0 spiro atoms. The molecule has 5 rings (SSSR count). The summed E-state index contributed by atoms with van der Waals surface area (Å²) in [7, 11) is 0. The number of aromatic nitrogens is 5. The second-order valence-corrected chi connectivity index (χ2v) is 8.14. The molecule has 3 aromatic rings. The van der Waals surface area contributed by atoms with Crippen LogP contribution in [0.4, 0.5) is 0 Å². The molecule has 1 saturated heterocycles. The lowest BCUT2D eigenvalue weighted by Crippen LogP contribution is -2.44. The van der Waals surface area contributed by atoms with E-state index in [1.54, 1.807) is 0 Å². The van der Waals surface area contributed by atoms with Crippen molar-refractivity contribution in [3.8, 4) is 0 Å². The van der Waals surface area contributed by atoms with E-state index >= 15 is 0 Å². The molecular weight excluding hydrogens is 380 g/mol. The topological polar surface area (TPSA) is 86.9 Å². The average molecular weight is 406 g/mol. The minimum atomic E-state index is -0.248. The van der Waals surface area contributed by atoms with Gasteiger partial charge in [0, 0.05) is 30.8 Å². The van der Waals surface area contributed by atoms with Crippen LogP contribution < -0.4 is 5.32 Å². The highest BCUT2D eigenvalue weighted by Crippen LogP contribution is 2.34. The Balaban J connectivity index is 1.23. The third-order valence-electron chi connectivity index (χ3n) is 5.91. The lowest BCUT2D eigenvalue weighted by molar-refractivity contribution is -0.127. The van der Waals surface area contributed by atoms with E-state index in [-0.39, 0.29) is 24.0 Å². The summed E-state index contributed by atoms with van der Waals surface area (Å²) in [6.45, 7) is 3.86. The first-order chi connectivity index (χ1) is 14.7. The number of ether oxygens (including phenoxy) is 1. The first-order valence-corrected chi connectivity index (χ1v) is 10.5. The van der Waals surface area contributed by atoms with Gasteiger partial charge in [-0.2, -0.15) is 10.2 Å². The Morgan fingerprint density at radius 2 is 2.13 bits per heavy atom. The summed E-state index contributed by atoms with van der Waals surface area (Å²) in [6, 6.07) is 10.3. The molecule has 3 atom stereocenters. The molecule has 4 heterocycles. The summed E-state index contributed by atoms with van der Waals surface area (Å²) in [5.41, 5.74) is 2.15. The number of aryl methyl sites for hydroxylation is 2. The quantitative estimate of drug-likeness (QED) is 0.701. The van der Waals surface area contributed by atoms with E-state index in [0.717, 1.165) is 36.5 Å². The van der Waals surface area contributed by atoms with Gasteiger partial charge in [-0.3, -0.25) is 9.48 Å². The van der Waals surface area contributed by atoms with E-state index in [9.17, 15) is 4.79 Å². The molecule has 1 N–H and O–H groups in total.